The van der Waals surface area contributed by atoms with Crippen LogP contribution in [0.15, 0.2) is 46.9 Å². The van der Waals surface area contributed by atoms with Crippen molar-refractivity contribution in [3.05, 3.63) is 42.5 Å². The van der Waals surface area contributed by atoms with Crippen LogP contribution in [0.5, 0.6) is 5.75 Å². The second kappa shape index (κ2) is 5.60. The van der Waals surface area contributed by atoms with Crippen LogP contribution in [-0.2, 0) is 4.79 Å². The van der Waals surface area contributed by atoms with Crippen molar-refractivity contribution in [2.45, 2.75) is 44.9 Å². The first kappa shape index (κ1) is 15.7. The lowest BCUT2D eigenvalue weighted by Gasteiger charge is -2.56. The number of hydrogen-bond acceptors (Lipinski definition) is 3. The highest BCUT2D eigenvalue weighted by Crippen LogP contribution is 2.61. The fraction of sp³-hybridized carbons (Fsp3) is 0.458. The van der Waals surface area contributed by atoms with E-state index in [-0.39, 0.29) is 11.4 Å². The molecule has 3 nitrogen and oxygen atoms in total. The van der Waals surface area contributed by atoms with Crippen LogP contribution < -0.4 is 4.74 Å². The SMILES string of the molecule is O=C(CC12CC3CC(CC(C3)C1)C2)Oc1ccc2oc3ccccc3c2c1. The minimum absolute atomic E-state index is 0.0656. The maximum Gasteiger partial charge on any atom is 0.311 e. The molecule has 0 atom stereocenters. The predicted octanol–water partition coefficient (Wildman–Crippen LogP) is 6.10. The summed E-state index contributed by atoms with van der Waals surface area (Å²) in [7, 11) is 0. The van der Waals surface area contributed by atoms with Crippen LogP contribution in [-0.4, -0.2) is 5.97 Å². The van der Waals surface area contributed by atoms with Gasteiger partial charge in [0.25, 0.3) is 0 Å². The molecule has 0 spiro atoms. The van der Waals surface area contributed by atoms with Gasteiger partial charge in [0.15, 0.2) is 0 Å². The molecule has 4 fully saturated rings. The molecule has 3 aromatic rings. The van der Waals surface area contributed by atoms with Gasteiger partial charge in [-0.25, -0.2) is 0 Å². The van der Waals surface area contributed by atoms with E-state index in [0.29, 0.717) is 12.2 Å². The average Bonchev–Trinajstić information content (AvgIpc) is 2.98. The summed E-state index contributed by atoms with van der Waals surface area (Å²) in [6.07, 6.45) is 8.49. The zero-order valence-corrected chi connectivity index (χ0v) is 15.4. The molecule has 7 rings (SSSR count). The second-order valence-corrected chi connectivity index (χ2v) is 9.32. The molecular weight excluding hydrogens is 336 g/mol. The number of furan rings is 1. The van der Waals surface area contributed by atoms with E-state index in [1.165, 1.54) is 38.5 Å². The van der Waals surface area contributed by atoms with Gasteiger partial charge in [0.05, 0.1) is 6.42 Å². The number of carbonyl (C=O) groups excluding carboxylic acids is 1. The maximum absolute atomic E-state index is 12.8. The van der Waals surface area contributed by atoms with E-state index in [1.807, 2.05) is 42.5 Å². The highest BCUT2D eigenvalue weighted by atomic mass is 16.5. The van der Waals surface area contributed by atoms with E-state index in [1.54, 1.807) is 0 Å². The highest BCUT2D eigenvalue weighted by Gasteiger charge is 2.51. The summed E-state index contributed by atoms with van der Waals surface area (Å²) in [5.74, 6) is 3.14. The van der Waals surface area contributed by atoms with E-state index in [9.17, 15) is 4.79 Å². The molecule has 0 N–H and O–H groups in total. The molecule has 0 unspecified atom stereocenters. The highest BCUT2D eigenvalue weighted by molar-refractivity contribution is 6.05. The molecule has 4 saturated carbocycles. The van der Waals surface area contributed by atoms with Crippen LogP contribution in [0.3, 0.4) is 0 Å². The second-order valence-electron chi connectivity index (χ2n) is 9.32. The van der Waals surface area contributed by atoms with Crippen LogP contribution >= 0.6 is 0 Å². The maximum atomic E-state index is 12.8. The molecule has 0 amide bonds. The standard InChI is InChI=1S/C24H24O3/c25-23(14-24-11-15-7-16(12-24)9-17(8-15)13-24)26-18-5-6-22-20(10-18)19-3-1-2-4-21(19)27-22/h1-6,10,15-17H,7-9,11-14H2. The van der Waals surface area contributed by atoms with E-state index in [2.05, 4.69) is 0 Å². The molecule has 0 radical (unpaired) electrons. The Morgan fingerprint density at radius 1 is 0.926 bits per heavy atom. The fourth-order valence-corrected chi connectivity index (χ4v) is 6.75. The molecule has 1 aromatic heterocycles. The Labute approximate surface area is 158 Å². The van der Waals surface area contributed by atoms with Crippen molar-refractivity contribution in [3.8, 4) is 5.75 Å². The minimum atomic E-state index is -0.0656. The average molecular weight is 360 g/mol. The van der Waals surface area contributed by atoms with Gasteiger partial charge in [-0.15, -0.1) is 0 Å². The Kier molecular flexibility index (Phi) is 3.27. The summed E-state index contributed by atoms with van der Waals surface area (Å²) < 4.78 is 11.7. The zero-order valence-electron chi connectivity index (χ0n) is 15.4. The molecule has 4 bridgehead atoms. The van der Waals surface area contributed by atoms with Gasteiger partial charge in [-0.05, 0) is 86.0 Å². The van der Waals surface area contributed by atoms with Crippen molar-refractivity contribution in [3.63, 3.8) is 0 Å². The molecule has 4 aliphatic carbocycles. The number of esters is 1. The third-order valence-electron chi connectivity index (χ3n) is 7.26. The summed E-state index contributed by atoms with van der Waals surface area (Å²) in [6, 6.07) is 13.7. The number of benzene rings is 2. The van der Waals surface area contributed by atoms with Crippen LogP contribution in [0, 0.1) is 23.2 Å². The molecule has 27 heavy (non-hydrogen) atoms. The largest absolute Gasteiger partial charge is 0.456 e. The monoisotopic (exact) mass is 360 g/mol. The Bertz CT molecular complexity index is 1010. The lowest BCUT2D eigenvalue weighted by molar-refractivity contribution is -0.142. The summed E-state index contributed by atoms with van der Waals surface area (Å²) in [4.78, 5) is 12.8. The number of ether oxygens (including phenoxy) is 1. The number of rotatable bonds is 3. The summed E-state index contributed by atoms with van der Waals surface area (Å²) >= 11 is 0. The normalized spacial score (nSPS) is 31.6. The van der Waals surface area contributed by atoms with E-state index < -0.39 is 0 Å². The smallest absolute Gasteiger partial charge is 0.311 e. The van der Waals surface area contributed by atoms with Crippen molar-refractivity contribution in [2.75, 3.05) is 0 Å². The van der Waals surface area contributed by atoms with Gasteiger partial charge in [0.1, 0.15) is 16.9 Å². The Morgan fingerprint density at radius 3 is 2.33 bits per heavy atom. The first-order valence-electron chi connectivity index (χ1n) is 10.3. The van der Waals surface area contributed by atoms with Crippen LogP contribution in [0.2, 0.25) is 0 Å². The van der Waals surface area contributed by atoms with Gasteiger partial charge < -0.3 is 9.15 Å². The zero-order chi connectivity index (χ0) is 18.0. The molecule has 3 heteroatoms. The van der Waals surface area contributed by atoms with E-state index >= 15 is 0 Å². The number of carbonyl (C=O) groups is 1. The minimum Gasteiger partial charge on any atom is -0.456 e. The molecule has 1 heterocycles. The molecule has 0 saturated heterocycles. The van der Waals surface area contributed by atoms with Crippen molar-refractivity contribution in [2.24, 2.45) is 23.2 Å². The Morgan fingerprint density at radius 2 is 1.59 bits per heavy atom. The van der Waals surface area contributed by atoms with Crippen LogP contribution in [0.1, 0.15) is 44.9 Å². The third-order valence-corrected chi connectivity index (χ3v) is 7.26. The summed E-state index contributed by atoms with van der Waals surface area (Å²) in [5.41, 5.74) is 1.92. The summed E-state index contributed by atoms with van der Waals surface area (Å²) in [6.45, 7) is 0. The third kappa shape index (κ3) is 2.59. The fourth-order valence-electron chi connectivity index (χ4n) is 6.75. The lowest BCUT2D eigenvalue weighted by atomic mass is 9.49. The molecular formula is C24H24O3. The topological polar surface area (TPSA) is 39.4 Å². The Hall–Kier alpha value is -2.29. The van der Waals surface area contributed by atoms with Crippen molar-refractivity contribution >= 4 is 27.9 Å². The van der Waals surface area contributed by atoms with Gasteiger partial charge in [-0.1, -0.05) is 18.2 Å². The van der Waals surface area contributed by atoms with Gasteiger partial charge >= 0.3 is 5.97 Å². The van der Waals surface area contributed by atoms with Gasteiger partial charge in [-0.3, -0.25) is 4.79 Å². The predicted molar refractivity (Wildman–Crippen MR) is 105 cm³/mol. The Balaban J connectivity index is 1.24. The number of fused-ring (bicyclic) bond motifs is 3. The van der Waals surface area contributed by atoms with Crippen molar-refractivity contribution in [1.29, 1.82) is 0 Å². The quantitative estimate of drug-likeness (QED) is 0.418. The van der Waals surface area contributed by atoms with Gasteiger partial charge in [0.2, 0.25) is 0 Å². The van der Waals surface area contributed by atoms with Gasteiger partial charge in [-0.2, -0.15) is 0 Å². The van der Waals surface area contributed by atoms with Crippen LogP contribution in [0.4, 0.5) is 0 Å². The first-order chi connectivity index (χ1) is 13.2. The molecule has 0 aliphatic heterocycles. The van der Waals surface area contributed by atoms with Crippen molar-refractivity contribution < 1.29 is 13.9 Å². The van der Waals surface area contributed by atoms with Crippen molar-refractivity contribution in [1.82, 2.24) is 0 Å². The van der Waals surface area contributed by atoms with E-state index in [0.717, 1.165) is 39.7 Å². The number of para-hydroxylation sites is 1. The molecule has 138 valence electrons. The summed E-state index contributed by atoms with van der Waals surface area (Å²) in [5, 5.41) is 2.07. The molecule has 4 aliphatic rings. The van der Waals surface area contributed by atoms with E-state index in [4.69, 9.17) is 9.15 Å². The molecule has 2 aromatic carbocycles. The lowest BCUT2D eigenvalue weighted by Crippen LogP contribution is -2.47. The first-order valence-corrected chi connectivity index (χ1v) is 10.3. The van der Waals surface area contributed by atoms with Crippen LogP contribution in [0.25, 0.3) is 21.9 Å². The number of hydrogen-bond donors (Lipinski definition) is 0. The van der Waals surface area contributed by atoms with Gasteiger partial charge in [0, 0.05) is 10.8 Å².